The normalized spacial score (nSPS) is 20.2. The van der Waals surface area contributed by atoms with Crippen molar-refractivity contribution in [3.8, 4) is 17.2 Å². The lowest BCUT2D eigenvalue weighted by atomic mass is 9.61. The second kappa shape index (κ2) is 34.3. The minimum Gasteiger partial charge on any atom is -0.494 e. The molecule has 0 bridgehead atoms. The van der Waals surface area contributed by atoms with Gasteiger partial charge in [0, 0.05) is 0 Å². The van der Waals surface area contributed by atoms with Crippen molar-refractivity contribution >= 4 is 36.4 Å². The quantitative estimate of drug-likeness (QED) is 0.0228. The monoisotopic (exact) mass is 1100 g/mol. The van der Waals surface area contributed by atoms with E-state index < -0.39 is 54.7 Å². The van der Waals surface area contributed by atoms with Crippen molar-refractivity contribution in [1.29, 1.82) is 0 Å². The third-order valence-electron chi connectivity index (χ3n) is 15.2. The summed E-state index contributed by atoms with van der Waals surface area (Å²) in [6, 6.07) is 19.2. The van der Waals surface area contributed by atoms with Crippen LogP contribution in [0, 0.1) is 23.7 Å². The smallest absolute Gasteiger partial charge is 0.494 e. The Morgan fingerprint density at radius 3 is 0.835 bits per heavy atom. The van der Waals surface area contributed by atoms with Crippen LogP contribution in [0.4, 0.5) is 14.4 Å². The van der Waals surface area contributed by atoms with Crippen LogP contribution in [0.5, 0.6) is 17.2 Å². The second-order valence-electron chi connectivity index (χ2n) is 21.0. The van der Waals surface area contributed by atoms with Gasteiger partial charge in [0.25, 0.3) is 0 Å². The Balaban J connectivity index is 0.959. The molecule has 0 spiro atoms. The predicted octanol–water partition coefficient (Wildman–Crippen LogP) is 14.9. The van der Waals surface area contributed by atoms with Gasteiger partial charge in [0.1, 0.15) is 35.6 Å². The molecule has 0 amide bonds. The molecule has 3 saturated carbocycles. The van der Waals surface area contributed by atoms with Crippen LogP contribution in [-0.2, 0) is 43.5 Å². The van der Waals surface area contributed by atoms with Crippen molar-refractivity contribution in [2.75, 3.05) is 19.8 Å². The van der Waals surface area contributed by atoms with Crippen LogP contribution in [0.1, 0.15) is 206 Å². The largest absolute Gasteiger partial charge is 0.550 e. The lowest BCUT2D eigenvalue weighted by molar-refractivity contribution is -0.209. The Hall–Kier alpha value is -6.72. The lowest BCUT2D eigenvalue weighted by Crippen LogP contribution is -2.39. The van der Waals surface area contributed by atoms with Gasteiger partial charge in [0.2, 0.25) is 0 Å². The molecule has 0 N–H and O–H groups in total. The van der Waals surface area contributed by atoms with Crippen molar-refractivity contribution < 1.29 is 86.5 Å². The van der Waals surface area contributed by atoms with Crippen molar-refractivity contribution in [2.24, 2.45) is 23.7 Å². The highest BCUT2D eigenvalue weighted by atomic mass is 17.2. The van der Waals surface area contributed by atoms with Crippen molar-refractivity contribution in [3.05, 3.63) is 89.5 Å². The zero-order chi connectivity index (χ0) is 56.0. The fraction of sp³-hybridized carbons (Fsp3) is 0.607. The summed E-state index contributed by atoms with van der Waals surface area (Å²) >= 11 is 0. The Morgan fingerprint density at radius 1 is 0.342 bits per heavy atom. The molecule has 0 aromatic heterocycles. The molecule has 3 aromatic carbocycles. The molecule has 79 heavy (non-hydrogen) atoms. The summed E-state index contributed by atoms with van der Waals surface area (Å²) in [5, 5.41) is 0. The van der Waals surface area contributed by atoms with E-state index in [1.807, 2.05) is 0 Å². The van der Waals surface area contributed by atoms with E-state index in [9.17, 15) is 28.8 Å². The third kappa shape index (κ3) is 21.8. The number of hydrogen-bond acceptors (Lipinski definition) is 18. The van der Waals surface area contributed by atoms with Gasteiger partial charge >= 0.3 is 36.4 Å². The number of ether oxygens (including phenoxy) is 6. The highest BCUT2D eigenvalue weighted by Gasteiger charge is 2.42. The van der Waals surface area contributed by atoms with Gasteiger partial charge in [-0.25, -0.2) is 43.7 Å². The van der Waals surface area contributed by atoms with Gasteiger partial charge < -0.3 is 28.4 Å². The highest BCUT2D eigenvalue weighted by Crippen LogP contribution is 2.48. The molecule has 0 saturated heterocycles. The minimum atomic E-state index is -1.10. The van der Waals surface area contributed by atoms with Crippen molar-refractivity contribution in [2.45, 2.75) is 193 Å². The van der Waals surface area contributed by atoms with E-state index in [4.69, 9.17) is 57.7 Å². The zero-order valence-corrected chi connectivity index (χ0v) is 46.4. The molecule has 6 rings (SSSR count). The molecular formula is C61H82O18. The molecular weight excluding hydrogens is 1020 g/mol. The third-order valence-corrected chi connectivity index (χ3v) is 15.2. The standard InChI is InChI=1S/C61H82O18/c1-4-7-10-13-40-68-49-28-22-46(23-29-49)56(62)74-77-59(65)71-52-34-16-43(17-35-52)55(44-18-36-53(37-19-44)72-60(66)78-75-57(63)47-24-30-50(31-25-47)69-41-14-11-8-5-2)45-20-38-54(39-21-45)73-61(67)79-76-58(64)48-26-32-51(33-27-48)70-42-15-12-9-6-3/h22-33,43-45,52-55H,4-21,34-42H2,1-3H3. The summed E-state index contributed by atoms with van der Waals surface area (Å²) < 4.78 is 34.1. The first-order chi connectivity index (χ1) is 38.5. The molecule has 0 heterocycles. The van der Waals surface area contributed by atoms with Crippen molar-refractivity contribution in [1.82, 2.24) is 0 Å². The summed E-state index contributed by atoms with van der Waals surface area (Å²) in [6.45, 7) is 8.19. The Kier molecular flexibility index (Phi) is 26.7. The number of hydrogen-bond donors (Lipinski definition) is 0. The van der Waals surface area contributed by atoms with E-state index >= 15 is 0 Å². The maximum Gasteiger partial charge on any atom is 0.550 e. The Bertz CT molecular complexity index is 2020. The van der Waals surface area contributed by atoms with Crippen LogP contribution in [0.25, 0.3) is 0 Å². The molecule has 0 radical (unpaired) electrons. The van der Waals surface area contributed by atoms with Crippen LogP contribution in [-0.4, -0.2) is 74.5 Å². The van der Waals surface area contributed by atoms with Crippen LogP contribution in [0.3, 0.4) is 0 Å². The van der Waals surface area contributed by atoms with E-state index in [2.05, 4.69) is 20.8 Å². The first-order valence-electron chi connectivity index (χ1n) is 29.0. The average molecular weight is 1100 g/mol. The van der Waals surface area contributed by atoms with Crippen LogP contribution in [0.15, 0.2) is 72.8 Å². The molecule has 18 heteroatoms. The molecule has 0 unspecified atom stereocenters. The van der Waals surface area contributed by atoms with E-state index in [0.717, 1.165) is 116 Å². The molecule has 3 aliphatic rings. The maximum atomic E-state index is 12.7. The van der Waals surface area contributed by atoms with Gasteiger partial charge in [0.05, 0.1) is 36.5 Å². The summed E-state index contributed by atoms with van der Waals surface area (Å²) in [6.07, 6.45) is 16.4. The van der Waals surface area contributed by atoms with Crippen LogP contribution >= 0.6 is 0 Å². The van der Waals surface area contributed by atoms with Crippen LogP contribution in [0.2, 0.25) is 0 Å². The Morgan fingerprint density at radius 2 is 0.595 bits per heavy atom. The van der Waals surface area contributed by atoms with Gasteiger partial charge in [-0.2, -0.15) is 14.4 Å². The van der Waals surface area contributed by atoms with Gasteiger partial charge in [0.15, 0.2) is 0 Å². The van der Waals surface area contributed by atoms with E-state index in [1.54, 1.807) is 72.8 Å². The fourth-order valence-electron chi connectivity index (χ4n) is 11.0. The topological polar surface area (TPSA) is 213 Å². The number of carbonyl (C=O) groups excluding carboxylic acids is 6. The van der Waals surface area contributed by atoms with Gasteiger partial charge in [-0.15, -0.1) is 0 Å². The number of unbranched alkanes of at least 4 members (excludes halogenated alkanes) is 9. The summed E-state index contributed by atoms with van der Waals surface area (Å²) in [4.78, 5) is 105. The zero-order valence-electron chi connectivity index (χ0n) is 46.4. The second-order valence-corrected chi connectivity index (χ2v) is 21.0. The minimum absolute atomic E-state index is 0.189. The van der Waals surface area contributed by atoms with Gasteiger partial charge in [-0.1, -0.05) is 78.6 Å². The SMILES string of the molecule is CCCCCCOc1ccc(C(=O)OOC(=O)OC2CCC(C(C3CCC(OC(=O)OOC(=O)c4ccc(OCCCCCC)cc4)CC3)C3CCC(OC(=O)OOC(=O)c4ccc(OCCCCCC)cc4)CC3)CC2)cc1. The highest BCUT2D eigenvalue weighted by molar-refractivity contribution is 5.90. The molecule has 3 fully saturated rings. The number of rotatable bonds is 27. The van der Waals surface area contributed by atoms with Gasteiger partial charge in [-0.3, -0.25) is 0 Å². The fourth-order valence-corrected chi connectivity index (χ4v) is 11.0. The summed E-state index contributed by atoms with van der Waals surface area (Å²) in [5.74, 6) is 0.426. The number of carbonyl (C=O) groups is 6. The molecule has 3 aliphatic carbocycles. The first-order valence-corrected chi connectivity index (χ1v) is 29.0. The summed E-state index contributed by atoms with van der Waals surface area (Å²) in [5.41, 5.74) is 0.566. The maximum absolute atomic E-state index is 12.7. The van der Waals surface area contributed by atoms with E-state index in [-0.39, 0.29) is 40.4 Å². The van der Waals surface area contributed by atoms with E-state index in [1.165, 1.54) is 0 Å². The average Bonchev–Trinajstić information content (AvgIpc) is 3.49. The lowest BCUT2D eigenvalue weighted by Gasteiger charge is -2.45. The van der Waals surface area contributed by atoms with Gasteiger partial charge in [-0.05, 0) is 193 Å². The number of benzene rings is 3. The molecule has 0 aliphatic heterocycles. The van der Waals surface area contributed by atoms with E-state index in [0.29, 0.717) is 75.6 Å². The summed E-state index contributed by atoms with van der Waals surface area (Å²) in [7, 11) is 0. The molecule has 434 valence electrons. The van der Waals surface area contributed by atoms with Crippen molar-refractivity contribution in [3.63, 3.8) is 0 Å². The predicted molar refractivity (Wildman–Crippen MR) is 288 cm³/mol. The molecule has 0 atom stereocenters. The first kappa shape index (κ1) is 61.5. The molecule has 18 nitrogen and oxygen atoms in total. The van der Waals surface area contributed by atoms with Crippen LogP contribution < -0.4 is 14.2 Å². The molecule has 3 aromatic rings. The Labute approximate surface area is 464 Å².